The number of fused-ring (bicyclic) bond motifs is 1. The molecule has 2 aromatic rings. The minimum Gasteiger partial charge on any atom is -0.340 e. The smallest absolute Gasteiger partial charge is 0.0674 e. The van der Waals surface area contributed by atoms with Crippen LogP contribution in [0.25, 0.3) is 10.9 Å². The molecule has 1 N–H and O–H groups in total. The van der Waals surface area contributed by atoms with Gasteiger partial charge in [0.15, 0.2) is 0 Å². The van der Waals surface area contributed by atoms with Crippen LogP contribution in [-0.4, -0.2) is 10.6 Å². The summed E-state index contributed by atoms with van der Waals surface area (Å²) in [6.07, 6.45) is 5.39. The van der Waals surface area contributed by atoms with Gasteiger partial charge in [0.2, 0.25) is 0 Å². The average Bonchev–Trinajstić information content (AvgIpc) is 3.03. The summed E-state index contributed by atoms with van der Waals surface area (Å²) in [6, 6.07) is 9.57. The maximum absolute atomic E-state index is 6.41. The first-order valence-electron chi connectivity index (χ1n) is 7.68. The number of halogens is 1. The zero-order valence-corrected chi connectivity index (χ0v) is 13.1. The van der Waals surface area contributed by atoms with E-state index in [0.29, 0.717) is 12.1 Å². The summed E-state index contributed by atoms with van der Waals surface area (Å²) in [5, 5.41) is 5.80. The Bertz CT molecular complexity index is 594. The van der Waals surface area contributed by atoms with Crippen LogP contribution in [0.4, 0.5) is 0 Å². The topological polar surface area (TPSA) is 17.0 Å². The van der Waals surface area contributed by atoms with Crippen LogP contribution in [0, 0.1) is 0 Å². The molecule has 0 aliphatic heterocycles. The largest absolute Gasteiger partial charge is 0.340 e. The Morgan fingerprint density at radius 1 is 1.30 bits per heavy atom. The molecule has 1 aliphatic rings. The van der Waals surface area contributed by atoms with Crippen LogP contribution in [0.5, 0.6) is 0 Å². The third-order valence-corrected chi connectivity index (χ3v) is 4.64. The lowest BCUT2D eigenvalue weighted by Crippen LogP contribution is -2.26. The van der Waals surface area contributed by atoms with Gasteiger partial charge in [-0.1, -0.05) is 36.6 Å². The fraction of sp³-hybridized carbons (Fsp3) is 0.529. The van der Waals surface area contributed by atoms with Gasteiger partial charge in [-0.05, 0) is 38.8 Å². The third kappa shape index (κ3) is 2.59. The highest BCUT2D eigenvalue weighted by molar-refractivity contribution is 6.35. The fourth-order valence-electron chi connectivity index (χ4n) is 3.40. The molecular formula is C17H23ClN2. The second-order valence-electron chi connectivity index (χ2n) is 6.14. The van der Waals surface area contributed by atoms with Crippen LogP contribution < -0.4 is 5.32 Å². The van der Waals surface area contributed by atoms with Crippen LogP contribution in [0.1, 0.15) is 51.3 Å². The quantitative estimate of drug-likeness (QED) is 0.847. The van der Waals surface area contributed by atoms with E-state index in [1.807, 2.05) is 12.1 Å². The van der Waals surface area contributed by atoms with E-state index in [1.165, 1.54) is 42.3 Å². The van der Waals surface area contributed by atoms with E-state index in [1.54, 1.807) is 0 Å². The molecule has 3 heteroatoms. The summed E-state index contributed by atoms with van der Waals surface area (Å²) in [5.74, 6) is 0. The molecule has 1 saturated carbocycles. The van der Waals surface area contributed by atoms with E-state index in [9.17, 15) is 0 Å². The number of aromatic nitrogens is 1. The lowest BCUT2D eigenvalue weighted by Gasteiger charge is -2.18. The van der Waals surface area contributed by atoms with Gasteiger partial charge in [-0.25, -0.2) is 0 Å². The lowest BCUT2D eigenvalue weighted by atomic mass is 10.2. The van der Waals surface area contributed by atoms with E-state index in [4.69, 9.17) is 11.6 Å². The zero-order valence-electron chi connectivity index (χ0n) is 12.3. The monoisotopic (exact) mass is 290 g/mol. The maximum Gasteiger partial charge on any atom is 0.0674 e. The third-order valence-electron chi connectivity index (χ3n) is 4.33. The molecule has 1 heterocycles. The first-order valence-corrected chi connectivity index (χ1v) is 8.06. The van der Waals surface area contributed by atoms with Gasteiger partial charge in [-0.2, -0.15) is 0 Å². The van der Waals surface area contributed by atoms with Crippen molar-refractivity contribution in [3.63, 3.8) is 0 Å². The van der Waals surface area contributed by atoms with E-state index >= 15 is 0 Å². The van der Waals surface area contributed by atoms with E-state index in [2.05, 4.69) is 35.9 Å². The van der Waals surface area contributed by atoms with Gasteiger partial charge in [-0.15, -0.1) is 0 Å². The van der Waals surface area contributed by atoms with E-state index in [0.717, 1.165) is 11.6 Å². The van der Waals surface area contributed by atoms with Crippen molar-refractivity contribution in [2.24, 2.45) is 0 Å². The molecule has 0 spiro atoms. The van der Waals surface area contributed by atoms with Gasteiger partial charge in [0, 0.05) is 29.7 Å². The number of nitrogens with one attached hydrogen (secondary N) is 1. The molecule has 1 aliphatic carbocycles. The Balaban J connectivity index is 1.92. The number of benzene rings is 1. The molecule has 0 bridgehead atoms. The van der Waals surface area contributed by atoms with Crippen molar-refractivity contribution in [3.8, 4) is 0 Å². The Hall–Kier alpha value is -0.990. The van der Waals surface area contributed by atoms with Gasteiger partial charge < -0.3 is 9.88 Å². The molecule has 0 atom stereocenters. The highest BCUT2D eigenvalue weighted by atomic mass is 35.5. The first kappa shape index (κ1) is 14.0. The van der Waals surface area contributed by atoms with Crippen molar-refractivity contribution in [2.45, 2.75) is 58.2 Å². The minimum atomic E-state index is 0.424. The number of hydrogen-bond donors (Lipinski definition) is 1. The molecule has 0 amide bonds. The van der Waals surface area contributed by atoms with Gasteiger partial charge >= 0.3 is 0 Å². The lowest BCUT2D eigenvalue weighted by molar-refractivity contribution is 0.497. The van der Waals surface area contributed by atoms with Crippen molar-refractivity contribution in [1.29, 1.82) is 0 Å². The molecule has 108 valence electrons. The molecule has 3 rings (SSSR count). The first-order chi connectivity index (χ1) is 9.66. The molecule has 1 fully saturated rings. The van der Waals surface area contributed by atoms with Crippen LogP contribution in [0.2, 0.25) is 5.02 Å². The highest BCUT2D eigenvalue weighted by Crippen LogP contribution is 2.30. The predicted molar refractivity (Wildman–Crippen MR) is 86.4 cm³/mol. The number of hydrogen-bond acceptors (Lipinski definition) is 1. The van der Waals surface area contributed by atoms with Gasteiger partial charge in [-0.3, -0.25) is 0 Å². The van der Waals surface area contributed by atoms with Crippen molar-refractivity contribution in [2.75, 3.05) is 0 Å². The summed E-state index contributed by atoms with van der Waals surface area (Å²) in [4.78, 5) is 0. The van der Waals surface area contributed by atoms with Crippen molar-refractivity contribution < 1.29 is 0 Å². The van der Waals surface area contributed by atoms with Gasteiger partial charge in [0.25, 0.3) is 0 Å². The summed E-state index contributed by atoms with van der Waals surface area (Å²) in [5.41, 5.74) is 2.52. The molecule has 1 aromatic carbocycles. The molecule has 0 radical (unpaired) electrons. The molecule has 1 aromatic heterocycles. The standard InChI is InChI=1S/C17H23ClN2/c1-12(2)20-15(11-19-14-7-3-4-8-14)10-13-6-5-9-16(18)17(13)20/h5-6,9-10,12,14,19H,3-4,7-8,11H2,1-2H3. The molecule has 0 unspecified atom stereocenters. The Kier molecular flexibility index (Phi) is 4.04. The van der Waals surface area contributed by atoms with E-state index in [-0.39, 0.29) is 0 Å². The average molecular weight is 291 g/mol. The normalized spacial score (nSPS) is 16.6. The number of nitrogens with zero attached hydrogens (tertiary/aromatic N) is 1. The molecule has 2 nitrogen and oxygen atoms in total. The summed E-state index contributed by atoms with van der Waals surface area (Å²) in [7, 11) is 0. The van der Waals surface area contributed by atoms with Crippen LogP contribution >= 0.6 is 11.6 Å². The summed E-state index contributed by atoms with van der Waals surface area (Å²) in [6.45, 7) is 5.39. The second-order valence-corrected chi connectivity index (χ2v) is 6.55. The number of para-hydroxylation sites is 1. The summed E-state index contributed by atoms with van der Waals surface area (Å²) >= 11 is 6.41. The molecule has 0 saturated heterocycles. The van der Waals surface area contributed by atoms with Crippen LogP contribution in [-0.2, 0) is 6.54 Å². The van der Waals surface area contributed by atoms with Gasteiger partial charge in [0.05, 0.1) is 10.5 Å². The SMILES string of the molecule is CC(C)n1c(CNC2CCCC2)cc2cccc(Cl)c21. The molecule has 20 heavy (non-hydrogen) atoms. The Morgan fingerprint density at radius 3 is 2.75 bits per heavy atom. The zero-order chi connectivity index (χ0) is 14.1. The van der Waals surface area contributed by atoms with Crippen LogP contribution in [0.15, 0.2) is 24.3 Å². The maximum atomic E-state index is 6.41. The van der Waals surface area contributed by atoms with Crippen LogP contribution in [0.3, 0.4) is 0 Å². The van der Waals surface area contributed by atoms with E-state index < -0.39 is 0 Å². The van der Waals surface area contributed by atoms with Crippen molar-refractivity contribution in [3.05, 3.63) is 35.0 Å². The Labute approximate surface area is 126 Å². The van der Waals surface area contributed by atoms with Crippen molar-refractivity contribution in [1.82, 2.24) is 9.88 Å². The Morgan fingerprint density at radius 2 is 2.05 bits per heavy atom. The van der Waals surface area contributed by atoms with Crippen molar-refractivity contribution >= 4 is 22.5 Å². The second kappa shape index (κ2) is 5.79. The predicted octanol–water partition coefficient (Wildman–Crippen LogP) is 4.91. The molecular weight excluding hydrogens is 268 g/mol. The number of rotatable bonds is 4. The summed E-state index contributed by atoms with van der Waals surface area (Å²) < 4.78 is 2.37. The highest BCUT2D eigenvalue weighted by Gasteiger charge is 2.17. The fourth-order valence-corrected chi connectivity index (χ4v) is 3.67. The van der Waals surface area contributed by atoms with Gasteiger partial charge in [0.1, 0.15) is 0 Å². The minimum absolute atomic E-state index is 0.424.